The number of carbonyl (C=O) groups is 1. The number of hydrogen-bond donors (Lipinski definition) is 1. The van der Waals surface area contributed by atoms with Gasteiger partial charge in [-0.2, -0.15) is 18.3 Å². The van der Waals surface area contributed by atoms with Crippen molar-refractivity contribution < 1.29 is 22.7 Å². The van der Waals surface area contributed by atoms with Crippen LogP contribution in [0.3, 0.4) is 0 Å². The third-order valence-electron chi connectivity index (χ3n) is 4.10. The van der Waals surface area contributed by atoms with Crippen molar-refractivity contribution in [1.29, 1.82) is 0 Å². The molecule has 0 saturated carbocycles. The summed E-state index contributed by atoms with van der Waals surface area (Å²) in [5.74, 6) is -0.128. The van der Waals surface area contributed by atoms with Crippen molar-refractivity contribution in [3.05, 3.63) is 71.2 Å². The van der Waals surface area contributed by atoms with Crippen molar-refractivity contribution in [2.45, 2.75) is 33.1 Å². The minimum Gasteiger partial charge on any atom is -0.439 e. The van der Waals surface area contributed by atoms with Gasteiger partial charge in [0.1, 0.15) is 12.3 Å². The lowest BCUT2D eigenvalue weighted by Crippen LogP contribution is -2.28. The van der Waals surface area contributed by atoms with Crippen molar-refractivity contribution in [1.82, 2.24) is 20.1 Å². The first-order valence-electron chi connectivity index (χ1n) is 8.79. The zero-order valence-electron chi connectivity index (χ0n) is 15.8. The second kappa shape index (κ2) is 8.34. The number of nitrogens with zero attached hydrogens (tertiary/aromatic N) is 3. The number of aromatic nitrogens is 3. The Morgan fingerprint density at radius 3 is 2.66 bits per heavy atom. The molecule has 29 heavy (non-hydrogen) atoms. The molecule has 1 N–H and O–H groups in total. The van der Waals surface area contributed by atoms with Gasteiger partial charge in [0.15, 0.2) is 0 Å². The number of benzene rings is 1. The molecule has 0 saturated heterocycles. The monoisotopic (exact) mass is 404 g/mol. The normalized spacial score (nSPS) is 11.3. The number of ether oxygens (including phenoxy) is 1. The average Bonchev–Trinajstić information content (AvgIpc) is 2.97. The lowest BCUT2D eigenvalue weighted by atomic mass is 10.2. The minimum absolute atomic E-state index is 0.00810. The van der Waals surface area contributed by atoms with E-state index in [1.807, 2.05) is 19.9 Å². The summed E-state index contributed by atoms with van der Waals surface area (Å²) < 4.78 is 45.8. The second-order valence-electron chi connectivity index (χ2n) is 6.46. The van der Waals surface area contributed by atoms with Crippen molar-refractivity contribution in [3.63, 3.8) is 0 Å². The summed E-state index contributed by atoms with van der Waals surface area (Å²) in [5.41, 5.74) is 1.41. The molecule has 152 valence electrons. The van der Waals surface area contributed by atoms with Crippen LogP contribution in [0.2, 0.25) is 0 Å². The van der Waals surface area contributed by atoms with Crippen molar-refractivity contribution in [2.24, 2.45) is 0 Å². The van der Waals surface area contributed by atoms with Crippen molar-refractivity contribution in [2.75, 3.05) is 0 Å². The maximum absolute atomic E-state index is 12.9. The van der Waals surface area contributed by atoms with E-state index in [0.717, 1.165) is 23.5 Å². The Hall–Kier alpha value is -3.36. The molecule has 0 aliphatic heterocycles. The Kier molecular flexibility index (Phi) is 5.86. The summed E-state index contributed by atoms with van der Waals surface area (Å²) >= 11 is 0. The van der Waals surface area contributed by atoms with Gasteiger partial charge in [0.25, 0.3) is 0 Å². The molecule has 3 aromatic rings. The fraction of sp³-hybridized carbons (Fsp3) is 0.250. The van der Waals surface area contributed by atoms with Crippen LogP contribution in [-0.4, -0.2) is 20.7 Å². The fourth-order valence-electron chi connectivity index (χ4n) is 2.72. The number of halogens is 3. The van der Waals surface area contributed by atoms with E-state index in [2.05, 4.69) is 15.4 Å². The van der Waals surface area contributed by atoms with Crippen LogP contribution in [0.15, 0.2) is 48.7 Å². The molecule has 1 aromatic carbocycles. The van der Waals surface area contributed by atoms with E-state index in [4.69, 9.17) is 4.74 Å². The Balaban J connectivity index is 1.68. The quantitative estimate of drug-likeness (QED) is 0.674. The molecule has 2 aromatic heterocycles. The fourth-order valence-corrected chi connectivity index (χ4v) is 2.72. The molecule has 0 bridgehead atoms. The predicted octanol–water partition coefficient (Wildman–Crippen LogP) is 4.02. The Morgan fingerprint density at radius 1 is 1.17 bits per heavy atom. The van der Waals surface area contributed by atoms with E-state index in [1.54, 1.807) is 16.8 Å². The molecule has 1 amide bonds. The van der Waals surface area contributed by atoms with Gasteiger partial charge in [-0.25, -0.2) is 4.98 Å². The molecular weight excluding hydrogens is 385 g/mol. The lowest BCUT2D eigenvalue weighted by Gasteiger charge is -2.13. The first kappa shape index (κ1) is 20.4. The molecule has 0 aliphatic rings. The Labute approximate surface area is 165 Å². The smallest absolute Gasteiger partial charge is 0.416 e. The van der Waals surface area contributed by atoms with Crippen LogP contribution in [-0.2, 0) is 24.1 Å². The van der Waals surface area contributed by atoms with Gasteiger partial charge in [-0.1, -0.05) is 12.1 Å². The predicted molar refractivity (Wildman–Crippen MR) is 99.3 cm³/mol. The molecular formula is C20H19F3N4O2. The number of pyridine rings is 1. The van der Waals surface area contributed by atoms with Crippen LogP contribution in [0.1, 0.15) is 22.5 Å². The summed E-state index contributed by atoms with van der Waals surface area (Å²) in [6.07, 6.45) is -3.01. The lowest BCUT2D eigenvalue weighted by molar-refractivity contribution is -0.137. The third kappa shape index (κ3) is 5.34. The minimum atomic E-state index is -4.47. The molecule has 3 rings (SSSR count). The highest BCUT2D eigenvalue weighted by atomic mass is 19.4. The van der Waals surface area contributed by atoms with E-state index in [0.29, 0.717) is 5.56 Å². The number of amides is 1. The van der Waals surface area contributed by atoms with E-state index in [9.17, 15) is 18.0 Å². The number of aryl methyl sites for hydroxylation is 2. The van der Waals surface area contributed by atoms with Gasteiger partial charge in [0.2, 0.25) is 11.8 Å². The molecule has 9 heteroatoms. The molecule has 0 atom stereocenters. The van der Waals surface area contributed by atoms with Crippen LogP contribution in [0, 0.1) is 13.8 Å². The summed E-state index contributed by atoms with van der Waals surface area (Å²) in [6, 6.07) is 9.74. The van der Waals surface area contributed by atoms with Gasteiger partial charge in [-0.05, 0) is 44.2 Å². The SMILES string of the molecule is Cc1cc(C)n(CC(=O)NCc2cccnc2Oc2cccc(C(F)(F)F)c2)n1. The maximum Gasteiger partial charge on any atom is 0.416 e. The molecule has 0 spiro atoms. The van der Waals surface area contributed by atoms with Crippen LogP contribution in [0.4, 0.5) is 13.2 Å². The van der Waals surface area contributed by atoms with Crippen molar-refractivity contribution in [3.8, 4) is 11.6 Å². The van der Waals surface area contributed by atoms with E-state index >= 15 is 0 Å². The first-order chi connectivity index (χ1) is 13.7. The van der Waals surface area contributed by atoms with Gasteiger partial charge >= 0.3 is 6.18 Å². The summed E-state index contributed by atoms with van der Waals surface area (Å²) in [5, 5.41) is 6.98. The highest BCUT2D eigenvalue weighted by Crippen LogP contribution is 2.32. The summed E-state index contributed by atoms with van der Waals surface area (Å²) in [6.45, 7) is 3.87. The van der Waals surface area contributed by atoms with Gasteiger partial charge < -0.3 is 10.1 Å². The van der Waals surface area contributed by atoms with Crippen LogP contribution >= 0.6 is 0 Å². The van der Waals surface area contributed by atoms with Crippen molar-refractivity contribution >= 4 is 5.91 Å². The molecule has 0 unspecified atom stereocenters. The van der Waals surface area contributed by atoms with Crippen LogP contribution < -0.4 is 10.1 Å². The topological polar surface area (TPSA) is 69.0 Å². The molecule has 0 radical (unpaired) electrons. The number of hydrogen-bond acceptors (Lipinski definition) is 4. The number of alkyl halides is 3. The zero-order valence-corrected chi connectivity index (χ0v) is 15.8. The highest BCUT2D eigenvalue weighted by Gasteiger charge is 2.30. The number of carbonyl (C=O) groups excluding carboxylic acids is 1. The highest BCUT2D eigenvalue weighted by molar-refractivity contribution is 5.75. The first-order valence-corrected chi connectivity index (χ1v) is 8.79. The standard InChI is InChI=1S/C20H19F3N4O2/c1-13-9-14(2)27(26-13)12-18(28)25-11-15-5-4-8-24-19(15)29-17-7-3-6-16(10-17)20(21,22)23/h3-10H,11-12H2,1-2H3,(H,25,28). The van der Waals surface area contributed by atoms with Crippen LogP contribution in [0.25, 0.3) is 0 Å². The zero-order chi connectivity index (χ0) is 21.0. The third-order valence-corrected chi connectivity index (χ3v) is 4.10. The van der Waals surface area contributed by atoms with E-state index < -0.39 is 11.7 Å². The summed E-state index contributed by atoms with van der Waals surface area (Å²) in [4.78, 5) is 16.3. The molecule has 0 fully saturated rings. The molecule has 6 nitrogen and oxygen atoms in total. The van der Waals surface area contributed by atoms with Crippen LogP contribution in [0.5, 0.6) is 11.6 Å². The van der Waals surface area contributed by atoms with E-state index in [1.165, 1.54) is 18.3 Å². The largest absolute Gasteiger partial charge is 0.439 e. The maximum atomic E-state index is 12.9. The van der Waals surface area contributed by atoms with Gasteiger partial charge in [0.05, 0.1) is 11.3 Å². The van der Waals surface area contributed by atoms with Gasteiger partial charge in [-0.15, -0.1) is 0 Å². The Morgan fingerprint density at radius 2 is 1.97 bits per heavy atom. The number of nitrogens with one attached hydrogen (secondary N) is 1. The second-order valence-corrected chi connectivity index (χ2v) is 6.46. The number of rotatable bonds is 6. The van der Waals surface area contributed by atoms with Gasteiger partial charge in [0, 0.05) is 24.0 Å². The molecule has 2 heterocycles. The van der Waals surface area contributed by atoms with Gasteiger partial charge in [-0.3, -0.25) is 9.48 Å². The average molecular weight is 404 g/mol. The molecule has 0 aliphatic carbocycles. The Bertz CT molecular complexity index is 1010. The van der Waals surface area contributed by atoms with E-state index in [-0.39, 0.29) is 30.6 Å². The summed E-state index contributed by atoms with van der Waals surface area (Å²) in [7, 11) is 0.